The molecule has 0 aliphatic rings. The zero-order valence-corrected chi connectivity index (χ0v) is 19.1. The Labute approximate surface area is 184 Å². The number of carbonyl (C=O) groups excluding carboxylic acids is 1. The van der Waals surface area contributed by atoms with Gasteiger partial charge in [-0.25, -0.2) is 8.42 Å². The topological polar surface area (TPSA) is 96.7 Å². The number of rotatable bonds is 8. The lowest BCUT2D eigenvalue weighted by atomic mass is 10.3. The highest BCUT2D eigenvalue weighted by Gasteiger charge is 2.24. The highest BCUT2D eigenvalue weighted by Crippen LogP contribution is 2.25. The van der Waals surface area contributed by atoms with Crippen LogP contribution >= 0.6 is 23.4 Å². The Morgan fingerprint density at radius 2 is 1.97 bits per heavy atom. The fraction of sp³-hybridized carbons (Fsp3) is 0.316. The average Bonchev–Trinajstić information content (AvgIpc) is 3.10. The van der Waals surface area contributed by atoms with Gasteiger partial charge in [0.15, 0.2) is 10.8 Å². The van der Waals surface area contributed by atoms with E-state index in [1.807, 2.05) is 0 Å². The second-order valence-corrected chi connectivity index (χ2v) is 10.1. The number of anilines is 1. The quantitative estimate of drug-likeness (QED) is 0.509. The zero-order chi connectivity index (χ0) is 21.9. The second-order valence-electron chi connectivity index (χ2n) is 6.42. The highest BCUT2D eigenvalue weighted by molar-refractivity contribution is 8.00. The molecule has 3 rings (SSSR count). The third-order valence-electron chi connectivity index (χ3n) is 4.43. The Bertz CT molecular complexity index is 1160. The lowest BCUT2D eigenvalue weighted by Crippen LogP contribution is -2.30. The van der Waals surface area contributed by atoms with Gasteiger partial charge in [-0.2, -0.15) is 4.31 Å². The van der Waals surface area contributed by atoms with Gasteiger partial charge in [0.25, 0.3) is 0 Å². The molecule has 0 bridgehead atoms. The maximum atomic E-state index is 12.8. The summed E-state index contributed by atoms with van der Waals surface area (Å²) in [5, 5.41) is 11.4. The van der Waals surface area contributed by atoms with Gasteiger partial charge in [0.2, 0.25) is 15.9 Å². The van der Waals surface area contributed by atoms with Crippen LogP contribution in [0.1, 0.15) is 20.8 Å². The predicted octanol–water partition coefficient (Wildman–Crippen LogP) is 3.53. The molecule has 0 aliphatic heterocycles. The predicted molar refractivity (Wildman–Crippen MR) is 118 cm³/mol. The highest BCUT2D eigenvalue weighted by atomic mass is 35.5. The molecule has 8 nitrogen and oxygen atoms in total. The minimum Gasteiger partial charge on any atom is -0.325 e. The van der Waals surface area contributed by atoms with Gasteiger partial charge in [0.05, 0.1) is 10.1 Å². The monoisotopic (exact) mass is 467 g/mol. The van der Waals surface area contributed by atoms with Crippen molar-refractivity contribution < 1.29 is 13.2 Å². The molecule has 0 saturated heterocycles. The van der Waals surface area contributed by atoms with Gasteiger partial charge < -0.3 is 5.32 Å². The molecule has 0 radical (unpaired) electrons. The van der Waals surface area contributed by atoms with Crippen molar-refractivity contribution in [1.82, 2.24) is 18.9 Å². The van der Waals surface area contributed by atoms with Gasteiger partial charge >= 0.3 is 0 Å². The Morgan fingerprint density at radius 1 is 1.23 bits per heavy atom. The van der Waals surface area contributed by atoms with Crippen molar-refractivity contribution in [1.29, 1.82) is 0 Å². The number of thioether (sulfide) groups is 1. The fourth-order valence-corrected chi connectivity index (χ4v) is 5.29. The first-order chi connectivity index (χ1) is 14.3. The van der Waals surface area contributed by atoms with Gasteiger partial charge in [-0.3, -0.25) is 9.20 Å². The van der Waals surface area contributed by atoms with Crippen molar-refractivity contribution in [2.45, 2.75) is 36.1 Å². The number of nitrogens with zero attached hydrogens (tertiary/aromatic N) is 4. The standard InChI is InChI=1S/C19H22ClN5O3S2/c1-4-24(5-2)30(27,28)16-9-10-17-22-23-19(25(17)12-16)29-13(3)18(26)21-15-8-6-7-14(20)11-15/h6-13H,4-5H2,1-3H3,(H,21,26). The van der Waals surface area contributed by atoms with E-state index in [1.54, 1.807) is 55.5 Å². The molecule has 0 spiro atoms. The fourth-order valence-electron chi connectivity index (χ4n) is 2.82. The van der Waals surface area contributed by atoms with E-state index in [-0.39, 0.29) is 10.8 Å². The number of halogens is 1. The summed E-state index contributed by atoms with van der Waals surface area (Å²) in [4.78, 5) is 12.7. The Morgan fingerprint density at radius 3 is 2.63 bits per heavy atom. The summed E-state index contributed by atoms with van der Waals surface area (Å²) in [6.07, 6.45) is 1.49. The maximum Gasteiger partial charge on any atom is 0.244 e. The molecule has 1 aromatic carbocycles. The Kier molecular flexibility index (Phi) is 7.02. The summed E-state index contributed by atoms with van der Waals surface area (Å²) in [7, 11) is -3.62. The molecule has 2 aromatic heterocycles. The van der Waals surface area contributed by atoms with Crippen LogP contribution < -0.4 is 5.32 Å². The van der Waals surface area contributed by atoms with Crippen LogP contribution in [0.15, 0.2) is 52.6 Å². The van der Waals surface area contributed by atoms with E-state index in [0.29, 0.717) is 34.6 Å². The van der Waals surface area contributed by atoms with Crippen molar-refractivity contribution in [3.05, 3.63) is 47.6 Å². The first-order valence-corrected chi connectivity index (χ1v) is 12.0. The van der Waals surface area contributed by atoms with Crippen LogP contribution in [-0.4, -0.2) is 51.6 Å². The smallest absolute Gasteiger partial charge is 0.244 e. The van der Waals surface area contributed by atoms with E-state index >= 15 is 0 Å². The molecule has 1 atom stereocenters. The Hall–Kier alpha value is -2.14. The van der Waals surface area contributed by atoms with Crippen molar-refractivity contribution in [2.75, 3.05) is 18.4 Å². The number of hydrogen-bond acceptors (Lipinski definition) is 6. The summed E-state index contributed by atoms with van der Waals surface area (Å²) < 4.78 is 28.6. The molecule has 11 heteroatoms. The van der Waals surface area contributed by atoms with Crippen LogP contribution in [-0.2, 0) is 14.8 Å². The molecular weight excluding hydrogens is 446 g/mol. The number of hydrogen-bond donors (Lipinski definition) is 1. The number of amides is 1. The molecule has 2 heterocycles. The molecule has 0 saturated carbocycles. The summed E-state index contributed by atoms with van der Waals surface area (Å²) in [6.45, 7) is 6.07. The van der Waals surface area contributed by atoms with Crippen molar-refractivity contribution in [3.63, 3.8) is 0 Å². The number of nitrogens with one attached hydrogen (secondary N) is 1. The van der Waals surface area contributed by atoms with Crippen LogP contribution in [0.25, 0.3) is 5.65 Å². The molecule has 30 heavy (non-hydrogen) atoms. The van der Waals surface area contributed by atoms with Crippen LogP contribution in [0, 0.1) is 0 Å². The molecule has 1 unspecified atom stereocenters. The molecule has 0 aliphatic carbocycles. The third-order valence-corrected chi connectivity index (χ3v) is 7.76. The molecule has 1 amide bonds. The minimum absolute atomic E-state index is 0.149. The number of benzene rings is 1. The largest absolute Gasteiger partial charge is 0.325 e. The number of aromatic nitrogens is 3. The molecule has 160 valence electrons. The molecular formula is C19H22ClN5O3S2. The normalized spacial score (nSPS) is 13.0. The summed E-state index contributed by atoms with van der Waals surface area (Å²) >= 11 is 7.14. The summed E-state index contributed by atoms with van der Waals surface area (Å²) in [5.41, 5.74) is 1.09. The number of carbonyl (C=O) groups is 1. The van der Waals surface area contributed by atoms with Gasteiger partial charge in [0.1, 0.15) is 0 Å². The zero-order valence-electron chi connectivity index (χ0n) is 16.7. The van der Waals surface area contributed by atoms with Crippen LogP contribution in [0.5, 0.6) is 0 Å². The summed E-state index contributed by atoms with van der Waals surface area (Å²) in [6, 6.07) is 10.00. The van der Waals surface area contributed by atoms with Gasteiger partial charge in [-0.05, 0) is 37.3 Å². The van der Waals surface area contributed by atoms with Crippen LogP contribution in [0.2, 0.25) is 5.02 Å². The van der Waals surface area contributed by atoms with E-state index in [9.17, 15) is 13.2 Å². The SMILES string of the molecule is CCN(CC)S(=O)(=O)c1ccc2nnc(SC(C)C(=O)Nc3cccc(Cl)c3)n2c1. The van der Waals surface area contributed by atoms with E-state index in [2.05, 4.69) is 15.5 Å². The van der Waals surface area contributed by atoms with Crippen LogP contribution in [0.3, 0.4) is 0 Å². The van der Waals surface area contributed by atoms with E-state index in [4.69, 9.17) is 11.6 Å². The Balaban J connectivity index is 1.83. The van der Waals surface area contributed by atoms with Crippen molar-refractivity contribution >= 4 is 50.6 Å². The lowest BCUT2D eigenvalue weighted by Gasteiger charge is -2.18. The third kappa shape index (κ3) is 4.77. The first kappa shape index (κ1) is 22.5. The second kappa shape index (κ2) is 9.34. The average molecular weight is 468 g/mol. The number of fused-ring (bicyclic) bond motifs is 1. The van der Waals surface area contributed by atoms with E-state index in [1.165, 1.54) is 28.3 Å². The minimum atomic E-state index is -3.62. The van der Waals surface area contributed by atoms with Crippen molar-refractivity contribution in [3.8, 4) is 0 Å². The van der Waals surface area contributed by atoms with Crippen LogP contribution in [0.4, 0.5) is 5.69 Å². The van der Waals surface area contributed by atoms with Gasteiger partial charge in [0, 0.05) is 30.0 Å². The lowest BCUT2D eigenvalue weighted by molar-refractivity contribution is -0.115. The summed E-state index contributed by atoms with van der Waals surface area (Å²) in [5.74, 6) is -0.231. The molecule has 1 N–H and O–H groups in total. The van der Waals surface area contributed by atoms with E-state index in [0.717, 1.165) is 0 Å². The van der Waals surface area contributed by atoms with E-state index < -0.39 is 15.3 Å². The molecule has 0 fully saturated rings. The van der Waals surface area contributed by atoms with Gasteiger partial charge in [-0.15, -0.1) is 10.2 Å². The van der Waals surface area contributed by atoms with Crippen molar-refractivity contribution in [2.24, 2.45) is 0 Å². The number of sulfonamides is 1. The van der Waals surface area contributed by atoms with Gasteiger partial charge in [-0.1, -0.05) is 43.3 Å². The maximum absolute atomic E-state index is 12.8. The first-order valence-electron chi connectivity index (χ1n) is 9.34. The molecule has 3 aromatic rings. The number of pyridine rings is 1.